The maximum absolute atomic E-state index is 12.2. The topological polar surface area (TPSA) is 61.8 Å². The van der Waals surface area contributed by atoms with Crippen LogP contribution in [0.3, 0.4) is 0 Å². The minimum absolute atomic E-state index is 0. The lowest BCUT2D eigenvalue weighted by atomic mass is 10.0. The van der Waals surface area contributed by atoms with Gasteiger partial charge in [0.05, 0.1) is 10.5 Å². The average Bonchev–Trinajstić information content (AvgIpc) is 2.58. The highest BCUT2D eigenvalue weighted by Gasteiger charge is 2.40. The Bertz CT molecular complexity index is 905. The van der Waals surface area contributed by atoms with Crippen LogP contribution in [0.25, 0.3) is 10.8 Å². The summed E-state index contributed by atoms with van der Waals surface area (Å²) >= 11 is 0. The minimum Gasteiger partial charge on any atom is -0.352 e. The molecule has 0 unspecified atom stereocenters. The van der Waals surface area contributed by atoms with Gasteiger partial charge in [-0.3, -0.25) is 4.99 Å². The predicted molar refractivity (Wildman–Crippen MR) is 119 cm³/mol. The molecule has 7 heteroatoms. The van der Waals surface area contributed by atoms with Crippen molar-refractivity contribution in [3.05, 3.63) is 48.0 Å². The molecular weight excluding hydrogens is 461 g/mol. The Morgan fingerprint density at radius 3 is 2.58 bits per heavy atom. The van der Waals surface area contributed by atoms with Gasteiger partial charge in [-0.1, -0.05) is 42.5 Å². The van der Waals surface area contributed by atoms with Crippen LogP contribution in [0.1, 0.15) is 19.4 Å². The standard InChI is InChI=1S/C19H25N3O2S.HI/c1-19(2)14-22(11-12-25(19,23)24)18(20-3)21-13-16-9-6-8-15-7-4-5-10-17(15)16;/h4-10H,11-14H2,1-3H3,(H,20,21);1H. The van der Waals surface area contributed by atoms with E-state index in [1.165, 1.54) is 16.3 Å². The van der Waals surface area contributed by atoms with E-state index in [2.05, 4.69) is 40.6 Å². The van der Waals surface area contributed by atoms with E-state index in [1.807, 2.05) is 17.0 Å². The molecule has 1 aliphatic rings. The van der Waals surface area contributed by atoms with Crippen molar-refractivity contribution >= 4 is 50.5 Å². The molecule has 2 aromatic rings. The van der Waals surface area contributed by atoms with Crippen molar-refractivity contribution in [3.63, 3.8) is 0 Å². The van der Waals surface area contributed by atoms with Crippen LogP contribution in [-0.2, 0) is 16.4 Å². The molecule has 1 aliphatic heterocycles. The summed E-state index contributed by atoms with van der Waals surface area (Å²) in [7, 11) is -1.32. The fourth-order valence-electron chi connectivity index (χ4n) is 3.28. The quantitative estimate of drug-likeness (QED) is 0.402. The molecule has 26 heavy (non-hydrogen) atoms. The Hall–Kier alpha value is -1.35. The molecule has 0 amide bonds. The summed E-state index contributed by atoms with van der Waals surface area (Å²) in [6.07, 6.45) is 0. The lowest BCUT2D eigenvalue weighted by Crippen LogP contribution is -2.57. The van der Waals surface area contributed by atoms with Gasteiger partial charge in [0.1, 0.15) is 0 Å². The van der Waals surface area contributed by atoms with E-state index >= 15 is 0 Å². The molecule has 0 aliphatic carbocycles. The van der Waals surface area contributed by atoms with E-state index in [0.29, 0.717) is 19.6 Å². The zero-order valence-electron chi connectivity index (χ0n) is 15.4. The number of benzene rings is 2. The van der Waals surface area contributed by atoms with Crippen LogP contribution in [0.4, 0.5) is 0 Å². The second kappa shape index (κ2) is 8.12. The maximum atomic E-state index is 12.2. The fourth-order valence-corrected chi connectivity index (χ4v) is 4.64. The number of hydrogen-bond acceptors (Lipinski definition) is 3. The van der Waals surface area contributed by atoms with Gasteiger partial charge >= 0.3 is 0 Å². The normalized spacial score (nSPS) is 19.0. The first kappa shape index (κ1) is 21.0. The monoisotopic (exact) mass is 487 g/mol. The van der Waals surface area contributed by atoms with Crippen molar-refractivity contribution in [1.29, 1.82) is 0 Å². The van der Waals surface area contributed by atoms with Gasteiger partial charge in [-0.2, -0.15) is 0 Å². The number of rotatable bonds is 2. The number of nitrogens with one attached hydrogen (secondary N) is 1. The van der Waals surface area contributed by atoms with Crippen molar-refractivity contribution in [2.75, 3.05) is 25.9 Å². The van der Waals surface area contributed by atoms with Crippen LogP contribution in [0, 0.1) is 0 Å². The number of aliphatic imine (C=N–C) groups is 1. The lowest BCUT2D eigenvalue weighted by Gasteiger charge is -2.39. The molecule has 1 N–H and O–H groups in total. The summed E-state index contributed by atoms with van der Waals surface area (Å²) < 4.78 is 23.6. The summed E-state index contributed by atoms with van der Waals surface area (Å²) in [5.74, 6) is 0.908. The van der Waals surface area contributed by atoms with Crippen molar-refractivity contribution in [1.82, 2.24) is 10.2 Å². The van der Waals surface area contributed by atoms with Gasteiger partial charge in [-0.15, -0.1) is 24.0 Å². The van der Waals surface area contributed by atoms with Crippen molar-refractivity contribution in [3.8, 4) is 0 Å². The number of guanidine groups is 1. The highest BCUT2D eigenvalue weighted by Crippen LogP contribution is 2.24. The third-order valence-electron chi connectivity index (χ3n) is 4.87. The van der Waals surface area contributed by atoms with Crippen LogP contribution in [-0.4, -0.2) is 49.9 Å². The second-order valence-electron chi connectivity index (χ2n) is 7.04. The van der Waals surface area contributed by atoms with Crippen LogP contribution in [0.15, 0.2) is 47.5 Å². The number of nitrogens with zero attached hydrogens (tertiary/aromatic N) is 2. The zero-order valence-corrected chi connectivity index (χ0v) is 18.5. The van der Waals surface area contributed by atoms with Crippen molar-refractivity contribution < 1.29 is 8.42 Å². The van der Waals surface area contributed by atoms with E-state index in [-0.39, 0.29) is 29.7 Å². The third-order valence-corrected chi connectivity index (χ3v) is 7.40. The summed E-state index contributed by atoms with van der Waals surface area (Å²) in [5.41, 5.74) is 1.20. The largest absolute Gasteiger partial charge is 0.352 e. The number of fused-ring (bicyclic) bond motifs is 1. The van der Waals surface area contributed by atoms with Crippen LogP contribution in [0.2, 0.25) is 0 Å². The SMILES string of the molecule is CN=C(NCc1cccc2ccccc12)N1CCS(=O)(=O)C(C)(C)C1.I. The Balaban J connectivity index is 0.00000243. The van der Waals surface area contributed by atoms with Gasteiger partial charge in [0.2, 0.25) is 0 Å². The van der Waals surface area contributed by atoms with Gasteiger partial charge in [0, 0.05) is 26.7 Å². The lowest BCUT2D eigenvalue weighted by molar-refractivity contribution is 0.353. The Labute approximate surface area is 172 Å². The molecule has 2 aromatic carbocycles. The van der Waals surface area contributed by atoms with E-state index in [9.17, 15) is 8.42 Å². The van der Waals surface area contributed by atoms with Crippen LogP contribution >= 0.6 is 24.0 Å². The molecule has 142 valence electrons. The molecule has 1 fully saturated rings. The first-order chi connectivity index (χ1) is 11.8. The van der Waals surface area contributed by atoms with Crippen molar-refractivity contribution in [2.45, 2.75) is 25.1 Å². The fraction of sp³-hybridized carbons (Fsp3) is 0.421. The first-order valence-electron chi connectivity index (χ1n) is 8.49. The highest BCUT2D eigenvalue weighted by molar-refractivity contribution is 14.0. The second-order valence-corrected chi connectivity index (χ2v) is 9.78. The third kappa shape index (κ3) is 4.14. The summed E-state index contributed by atoms with van der Waals surface area (Å²) in [5, 5.41) is 5.82. The molecule has 0 atom stereocenters. The molecule has 3 rings (SSSR count). The molecular formula is C19H26IN3O2S. The van der Waals surface area contributed by atoms with Gasteiger partial charge in [0.25, 0.3) is 0 Å². The molecule has 0 saturated carbocycles. The Morgan fingerprint density at radius 1 is 1.19 bits per heavy atom. The highest BCUT2D eigenvalue weighted by atomic mass is 127. The molecule has 0 aromatic heterocycles. The van der Waals surface area contributed by atoms with Gasteiger partial charge in [-0.05, 0) is 30.2 Å². The van der Waals surface area contributed by atoms with E-state index in [0.717, 1.165) is 5.96 Å². The van der Waals surface area contributed by atoms with Crippen LogP contribution in [0.5, 0.6) is 0 Å². The predicted octanol–water partition coefficient (Wildman–Crippen LogP) is 3.04. The smallest absolute Gasteiger partial charge is 0.193 e. The Kier molecular flexibility index (Phi) is 6.55. The number of hydrogen-bond donors (Lipinski definition) is 1. The molecule has 0 spiro atoms. The van der Waals surface area contributed by atoms with E-state index in [1.54, 1.807) is 20.9 Å². The maximum Gasteiger partial charge on any atom is 0.193 e. The summed E-state index contributed by atoms with van der Waals surface area (Å²) in [6, 6.07) is 14.6. The zero-order chi connectivity index (χ0) is 18.1. The number of sulfone groups is 1. The summed E-state index contributed by atoms with van der Waals surface area (Å²) in [6.45, 7) is 5.14. The number of halogens is 1. The first-order valence-corrected chi connectivity index (χ1v) is 10.1. The Morgan fingerprint density at radius 2 is 1.88 bits per heavy atom. The summed E-state index contributed by atoms with van der Waals surface area (Å²) in [4.78, 5) is 6.39. The molecule has 1 saturated heterocycles. The molecule has 5 nitrogen and oxygen atoms in total. The average molecular weight is 487 g/mol. The minimum atomic E-state index is -3.06. The molecule has 0 bridgehead atoms. The molecule has 1 heterocycles. The van der Waals surface area contributed by atoms with Gasteiger partial charge < -0.3 is 10.2 Å². The van der Waals surface area contributed by atoms with E-state index in [4.69, 9.17) is 0 Å². The van der Waals surface area contributed by atoms with Crippen molar-refractivity contribution in [2.24, 2.45) is 4.99 Å². The van der Waals surface area contributed by atoms with Gasteiger partial charge in [-0.25, -0.2) is 8.42 Å². The van der Waals surface area contributed by atoms with Gasteiger partial charge in [0.15, 0.2) is 15.8 Å². The van der Waals surface area contributed by atoms with E-state index < -0.39 is 14.6 Å². The van der Waals surface area contributed by atoms with Crippen LogP contribution < -0.4 is 5.32 Å². The molecule has 0 radical (unpaired) electrons.